The van der Waals surface area contributed by atoms with Gasteiger partial charge in [-0.3, -0.25) is 10.00 Å². The van der Waals surface area contributed by atoms with Gasteiger partial charge in [-0.1, -0.05) is 59.1 Å². The van der Waals surface area contributed by atoms with Gasteiger partial charge in [-0.2, -0.15) is 5.10 Å². The molecule has 2 aromatic rings. The maximum absolute atomic E-state index is 11.8. The first kappa shape index (κ1) is 20.2. The highest BCUT2D eigenvalue weighted by Crippen LogP contribution is 2.28. The molecule has 0 bridgehead atoms. The van der Waals surface area contributed by atoms with Crippen molar-refractivity contribution in [2.45, 2.75) is 60.0 Å². The lowest BCUT2D eigenvalue weighted by atomic mass is 10.2. The summed E-state index contributed by atoms with van der Waals surface area (Å²) >= 11 is 5.80. The van der Waals surface area contributed by atoms with Gasteiger partial charge < -0.3 is 4.74 Å². The molecule has 0 radical (unpaired) electrons. The van der Waals surface area contributed by atoms with Crippen LogP contribution in [0.1, 0.15) is 53.9 Å². The molecule has 1 amide bonds. The van der Waals surface area contributed by atoms with Crippen LogP contribution in [-0.4, -0.2) is 33.9 Å². The summed E-state index contributed by atoms with van der Waals surface area (Å²) in [6.07, 6.45) is 4.58. The lowest BCUT2D eigenvalue weighted by molar-refractivity contribution is 0.139. The van der Waals surface area contributed by atoms with Crippen LogP contribution in [0.4, 0.5) is 10.6 Å². The SMILES string of the molecule is CC.CCC1CN(c2n[nH]c3cc(Cl)ncc23)C(=O)O1.CCCC. The molecule has 3 rings (SSSR count). The van der Waals surface area contributed by atoms with E-state index in [1.54, 1.807) is 12.3 Å². The Bertz CT molecular complexity index is 643. The summed E-state index contributed by atoms with van der Waals surface area (Å²) in [6, 6.07) is 1.67. The standard InChI is InChI=1S/C11H11ClN4O2.C4H10.C2H6/c1-2-6-5-16(11(17)18-6)10-7-4-13-9(12)3-8(7)14-15-10;1-3-4-2;1-2/h3-4,6H,2,5H2,1H3,(H,14,15);3-4H2,1-2H3;1-2H3. The minimum Gasteiger partial charge on any atom is -0.444 e. The number of amides is 1. The Labute approximate surface area is 148 Å². The van der Waals surface area contributed by atoms with Crippen LogP contribution in [0, 0.1) is 0 Å². The number of ether oxygens (including phenoxy) is 1. The number of hydrogen-bond acceptors (Lipinski definition) is 4. The number of unbranched alkanes of at least 4 members (excludes halogenated alkanes) is 1. The third kappa shape index (κ3) is 4.84. The zero-order valence-corrected chi connectivity index (χ0v) is 15.9. The predicted molar refractivity (Wildman–Crippen MR) is 98.7 cm³/mol. The quantitative estimate of drug-likeness (QED) is 0.771. The maximum atomic E-state index is 11.8. The number of hydrogen-bond donors (Lipinski definition) is 1. The Balaban J connectivity index is 0.000000423. The van der Waals surface area contributed by atoms with Crippen molar-refractivity contribution >= 4 is 34.4 Å². The summed E-state index contributed by atoms with van der Waals surface area (Å²) < 4.78 is 5.21. The summed E-state index contributed by atoms with van der Waals surface area (Å²) in [5.41, 5.74) is 0.748. The Morgan fingerprint density at radius 1 is 1.33 bits per heavy atom. The molecule has 24 heavy (non-hydrogen) atoms. The van der Waals surface area contributed by atoms with E-state index in [0.717, 1.165) is 17.3 Å². The Hall–Kier alpha value is -1.82. The molecule has 3 heterocycles. The van der Waals surface area contributed by atoms with Gasteiger partial charge in [0.05, 0.1) is 17.4 Å². The summed E-state index contributed by atoms with van der Waals surface area (Å²) in [5.74, 6) is 0.537. The lowest BCUT2D eigenvalue weighted by Gasteiger charge is -2.08. The van der Waals surface area contributed by atoms with E-state index < -0.39 is 0 Å². The van der Waals surface area contributed by atoms with Crippen molar-refractivity contribution in [3.05, 3.63) is 17.4 Å². The van der Waals surface area contributed by atoms with Gasteiger partial charge in [0.1, 0.15) is 11.3 Å². The number of anilines is 1. The van der Waals surface area contributed by atoms with Gasteiger partial charge in [-0.25, -0.2) is 9.78 Å². The fourth-order valence-electron chi connectivity index (χ4n) is 1.99. The van der Waals surface area contributed by atoms with Crippen molar-refractivity contribution in [3.63, 3.8) is 0 Å². The molecule has 0 aromatic carbocycles. The number of pyridine rings is 1. The molecular weight excluding hydrogens is 328 g/mol. The van der Waals surface area contributed by atoms with Crippen molar-refractivity contribution in [2.24, 2.45) is 0 Å². The number of H-pyrrole nitrogens is 1. The average molecular weight is 355 g/mol. The average Bonchev–Trinajstić information content (AvgIpc) is 3.19. The Kier molecular flexibility index (Phi) is 8.54. The van der Waals surface area contributed by atoms with E-state index in [9.17, 15) is 4.79 Å². The molecule has 0 aliphatic carbocycles. The topological polar surface area (TPSA) is 71.1 Å². The minimum atomic E-state index is -0.370. The van der Waals surface area contributed by atoms with Gasteiger partial charge in [0.25, 0.3) is 0 Å². The third-order valence-corrected chi connectivity index (χ3v) is 3.69. The monoisotopic (exact) mass is 354 g/mol. The number of rotatable bonds is 3. The fourth-order valence-corrected chi connectivity index (χ4v) is 2.14. The van der Waals surface area contributed by atoms with Crippen molar-refractivity contribution in [3.8, 4) is 0 Å². The molecule has 1 aliphatic heterocycles. The fraction of sp³-hybridized carbons (Fsp3) is 0.588. The summed E-state index contributed by atoms with van der Waals surface area (Å²) in [4.78, 5) is 17.3. The van der Waals surface area contributed by atoms with E-state index in [2.05, 4.69) is 29.0 Å². The van der Waals surface area contributed by atoms with Crippen molar-refractivity contribution in [1.82, 2.24) is 15.2 Å². The van der Waals surface area contributed by atoms with E-state index >= 15 is 0 Å². The summed E-state index contributed by atoms with van der Waals surface area (Å²) in [6.45, 7) is 10.9. The smallest absolute Gasteiger partial charge is 0.416 e. The van der Waals surface area contributed by atoms with Crippen molar-refractivity contribution in [1.29, 1.82) is 0 Å². The largest absolute Gasteiger partial charge is 0.444 e. The van der Waals surface area contributed by atoms with Crippen molar-refractivity contribution in [2.75, 3.05) is 11.4 Å². The number of halogens is 1. The predicted octanol–water partition coefficient (Wildman–Crippen LogP) is 5.18. The lowest BCUT2D eigenvalue weighted by Crippen LogP contribution is -2.24. The van der Waals surface area contributed by atoms with Gasteiger partial charge in [0.2, 0.25) is 0 Å². The van der Waals surface area contributed by atoms with Crippen LogP contribution >= 0.6 is 11.6 Å². The van der Waals surface area contributed by atoms with Crippen LogP contribution in [0.2, 0.25) is 5.15 Å². The second kappa shape index (κ2) is 10.1. The molecule has 134 valence electrons. The molecule has 1 N–H and O–H groups in total. The van der Waals surface area contributed by atoms with Crippen molar-refractivity contribution < 1.29 is 9.53 Å². The maximum Gasteiger partial charge on any atom is 0.416 e. The van der Waals surface area contributed by atoms with Crippen LogP contribution in [-0.2, 0) is 4.74 Å². The number of carbonyl (C=O) groups excluding carboxylic acids is 1. The first-order valence-corrected chi connectivity index (χ1v) is 8.96. The summed E-state index contributed by atoms with van der Waals surface area (Å²) in [5, 5.41) is 8.11. The molecule has 1 atom stereocenters. The molecule has 0 saturated carbocycles. The highest BCUT2D eigenvalue weighted by atomic mass is 35.5. The normalized spacial score (nSPS) is 16.2. The van der Waals surface area contributed by atoms with Crippen LogP contribution < -0.4 is 4.90 Å². The van der Waals surface area contributed by atoms with E-state index in [4.69, 9.17) is 16.3 Å². The second-order valence-corrected chi connectivity index (χ2v) is 5.51. The van der Waals surface area contributed by atoms with Gasteiger partial charge in [0.15, 0.2) is 5.82 Å². The molecule has 7 heteroatoms. The molecule has 1 fully saturated rings. The number of fused-ring (bicyclic) bond motifs is 1. The van der Waals surface area contributed by atoms with Crippen LogP contribution in [0.25, 0.3) is 10.9 Å². The second-order valence-electron chi connectivity index (χ2n) is 5.12. The number of aromatic nitrogens is 3. The number of cyclic esters (lactones) is 1. The van der Waals surface area contributed by atoms with Crippen LogP contribution in [0.3, 0.4) is 0 Å². The molecule has 2 aromatic heterocycles. The zero-order valence-electron chi connectivity index (χ0n) is 15.1. The van der Waals surface area contributed by atoms with E-state index in [-0.39, 0.29) is 12.2 Å². The first-order valence-electron chi connectivity index (χ1n) is 8.58. The highest BCUT2D eigenvalue weighted by molar-refractivity contribution is 6.30. The Morgan fingerprint density at radius 2 is 2.00 bits per heavy atom. The van der Waals surface area contributed by atoms with E-state index in [1.807, 2.05) is 20.8 Å². The number of nitrogens with zero attached hydrogens (tertiary/aromatic N) is 3. The molecule has 0 spiro atoms. The van der Waals surface area contributed by atoms with E-state index in [0.29, 0.717) is 17.5 Å². The number of nitrogens with one attached hydrogen (secondary N) is 1. The van der Waals surface area contributed by atoms with Gasteiger partial charge in [-0.15, -0.1) is 0 Å². The van der Waals surface area contributed by atoms with Gasteiger partial charge in [0, 0.05) is 12.3 Å². The van der Waals surface area contributed by atoms with Gasteiger partial charge in [-0.05, 0) is 6.42 Å². The molecule has 1 unspecified atom stereocenters. The zero-order chi connectivity index (χ0) is 18.1. The number of carbonyl (C=O) groups is 1. The van der Waals surface area contributed by atoms with E-state index in [1.165, 1.54) is 17.7 Å². The molecule has 6 nitrogen and oxygen atoms in total. The molecular formula is C17H27ClN4O2. The van der Waals surface area contributed by atoms with Gasteiger partial charge >= 0.3 is 6.09 Å². The highest BCUT2D eigenvalue weighted by Gasteiger charge is 2.33. The first-order chi connectivity index (χ1) is 11.6. The minimum absolute atomic E-state index is 0.0792. The summed E-state index contributed by atoms with van der Waals surface area (Å²) in [7, 11) is 0. The molecule has 1 aliphatic rings. The molecule has 1 saturated heterocycles. The van der Waals surface area contributed by atoms with Crippen LogP contribution in [0.5, 0.6) is 0 Å². The van der Waals surface area contributed by atoms with Crippen LogP contribution in [0.15, 0.2) is 12.3 Å². The third-order valence-electron chi connectivity index (χ3n) is 3.48. The Morgan fingerprint density at radius 3 is 2.54 bits per heavy atom. The number of aromatic amines is 1.